The lowest BCUT2D eigenvalue weighted by Crippen LogP contribution is -2.38. The zero-order valence-electron chi connectivity index (χ0n) is 13.6. The molecule has 120 valence electrons. The number of halogens is 1. The van der Waals surface area contributed by atoms with E-state index in [9.17, 15) is 0 Å². The summed E-state index contributed by atoms with van der Waals surface area (Å²) in [7, 11) is 1.79. The topological polar surface area (TPSA) is 45.7 Å². The van der Waals surface area contributed by atoms with E-state index in [1.165, 1.54) is 5.56 Å². The van der Waals surface area contributed by atoms with E-state index in [1.54, 1.807) is 7.05 Å². The first-order valence-corrected chi connectivity index (χ1v) is 7.21. The maximum atomic E-state index is 5.69. The number of hydrogen-bond donors (Lipinski definition) is 2. The molecule has 0 fully saturated rings. The molecule has 4 nitrogen and oxygen atoms in total. The third-order valence-corrected chi connectivity index (χ3v) is 2.63. The van der Waals surface area contributed by atoms with Crippen molar-refractivity contribution >= 4 is 29.9 Å². The molecule has 21 heavy (non-hydrogen) atoms. The summed E-state index contributed by atoms with van der Waals surface area (Å²) >= 11 is 0. The van der Waals surface area contributed by atoms with E-state index in [0.29, 0.717) is 5.92 Å². The van der Waals surface area contributed by atoms with Crippen molar-refractivity contribution in [2.24, 2.45) is 10.9 Å². The second-order valence-electron chi connectivity index (χ2n) is 5.51. The molecule has 0 unspecified atom stereocenters. The van der Waals surface area contributed by atoms with Crippen LogP contribution in [0.25, 0.3) is 0 Å². The highest BCUT2D eigenvalue weighted by atomic mass is 127. The van der Waals surface area contributed by atoms with Crippen LogP contribution in [0.1, 0.15) is 33.3 Å². The molecule has 0 amide bonds. The summed E-state index contributed by atoms with van der Waals surface area (Å²) in [5, 5.41) is 6.60. The number of benzene rings is 1. The zero-order chi connectivity index (χ0) is 15.0. The van der Waals surface area contributed by atoms with Crippen LogP contribution in [-0.4, -0.2) is 25.7 Å². The molecule has 5 heteroatoms. The molecule has 2 N–H and O–H groups in total. The average Bonchev–Trinajstić information content (AvgIpc) is 2.38. The summed E-state index contributed by atoms with van der Waals surface area (Å²) in [6.45, 7) is 10.1. The van der Waals surface area contributed by atoms with Crippen LogP contribution in [0.5, 0.6) is 5.75 Å². The van der Waals surface area contributed by atoms with Crippen LogP contribution in [-0.2, 0) is 6.54 Å². The summed E-state index contributed by atoms with van der Waals surface area (Å²) in [4.78, 5) is 4.21. The Labute approximate surface area is 145 Å². The van der Waals surface area contributed by atoms with Gasteiger partial charge in [-0.25, -0.2) is 0 Å². The van der Waals surface area contributed by atoms with Crippen LogP contribution in [0.4, 0.5) is 0 Å². The first-order valence-electron chi connectivity index (χ1n) is 7.21. The van der Waals surface area contributed by atoms with Crippen LogP contribution in [0, 0.1) is 5.92 Å². The molecule has 1 aromatic carbocycles. The van der Waals surface area contributed by atoms with E-state index in [1.807, 2.05) is 26.0 Å². The Hall–Kier alpha value is -0.980. The molecule has 0 atom stereocenters. The highest BCUT2D eigenvalue weighted by Crippen LogP contribution is 2.14. The Bertz CT molecular complexity index is 433. The number of nitrogens with one attached hydrogen (secondary N) is 2. The molecular formula is C16H28IN3O. The van der Waals surface area contributed by atoms with Crippen molar-refractivity contribution in [1.82, 2.24) is 10.6 Å². The van der Waals surface area contributed by atoms with Gasteiger partial charge in [-0.1, -0.05) is 26.0 Å². The fourth-order valence-corrected chi connectivity index (χ4v) is 1.71. The SMILES string of the molecule is CN=C(NCc1cccc(OC(C)C)c1)NCC(C)C.I. The molecule has 0 aliphatic rings. The smallest absolute Gasteiger partial charge is 0.191 e. The summed E-state index contributed by atoms with van der Waals surface area (Å²) < 4.78 is 5.69. The van der Waals surface area contributed by atoms with E-state index >= 15 is 0 Å². The van der Waals surface area contributed by atoms with Gasteiger partial charge in [0.05, 0.1) is 6.10 Å². The first-order chi connectivity index (χ1) is 9.51. The summed E-state index contributed by atoms with van der Waals surface area (Å²) in [6.07, 6.45) is 0.193. The van der Waals surface area contributed by atoms with Gasteiger partial charge in [0.15, 0.2) is 5.96 Å². The lowest BCUT2D eigenvalue weighted by molar-refractivity contribution is 0.242. The van der Waals surface area contributed by atoms with Crippen LogP contribution >= 0.6 is 24.0 Å². The largest absolute Gasteiger partial charge is 0.491 e. The molecule has 0 aromatic heterocycles. The molecule has 0 radical (unpaired) electrons. The van der Waals surface area contributed by atoms with E-state index in [4.69, 9.17) is 4.74 Å². The lowest BCUT2D eigenvalue weighted by Gasteiger charge is -2.14. The highest BCUT2D eigenvalue weighted by molar-refractivity contribution is 14.0. The third kappa shape index (κ3) is 8.80. The van der Waals surface area contributed by atoms with Crippen molar-refractivity contribution in [3.8, 4) is 5.75 Å². The molecule has 1 aromatic rings. The summed E-state index contributed by atoms with van der Waals surface area (Å²) in [6, 6.07) is 8.13. The van der Waals surface area contributed by atoms with E-state index in [2.05, 4.69) is 41.6 Å². The minimum absolute atomic E-state index is 0. The molecule has 1 rings (SSSR count). The van der Waals surface area contributed by atoms with Gasteiger partial charge in [0.2, 0.25) is 0 Å². The minimum Gasteiger partial charge on any atom is -0.491 e. The van der Waals surface area contributed by atoms with Gasteiger partial charge in [0, 0.05) is 20.1 Å². The second kappa shape index (κ2) is 10.7. The van der Waals surface area contributed by atoms with Gasteiger partial charge in [-0.15, -0.1) is 24.0 Å². The number of ether oxygens (including phenoxy) is 1. The Balaban J connectivity index is 0.00000400. The number of hydrogen-bond acceptors (Lipinski definition) is 2. The van der Waals surface area contributed by atoms with Crippen molar-refractivity contribution in [2.45, 2.75) is 40.3 Å². The fourth-order valence-electron chi connectivity index (χ4n) is 1.71. The van der Waals surface area contributed by atoms with Crippen molar-refractivity contribution in [1.29, 1.82) is 0 Å². The molecule has 0 heterocycles. The number of guanidine groups is 1. The van der Waals surface area contributed by atoms with Gasteiger partial charge in [0.25, 0.3) is 0 Å². The van der Waals surface area contributed by atoms with Gasteiger partial charge in [-0.3, -0.25) is 4.99 Å². The Morgan fingerprint density at radius 1 is 1.19 bits per heavy atom. The Kier molecular flexibility index (Phi) is 10.2. The van der Waals surface area contributed by atoms with Gasteiger partial charge in [0.1, 0.15) is 5.75 Å². The molecule has 0 bridgehead atoms. The molecule has 0 spiro atoms. The predicted molar refractivity (Wildman–Crippen MR) is 101 cm³/mol. The van der Waals surface area contributed by atoms with Crippen LogP contribution < -0.4 is 15.4 Å². The highest BCUT2D eigenvalue weighted by Gasteiger charge is 2.02. The predicted octanol–water partition coefficient (Wildman–Crippen LogP) is 3.41. The minimum atomic E-state index is 0. The summed E-state index contributed by atoms with van der Waals surface area (Å²) in [5.41, 5.74) is 1.18. The van der Waals surface area contributed by atoms with Crippen molar-refractivity contribution < 1.29 is 4.74 Å². The Morgan fingerprint density at radius 3 is 2.48 bits per heavy atom. The number of nitrogens with zero attached hydrogens (tertiary/aromatic N) is 1. The van der Waals surface area contributed by atoms with E-state index < -0.39 is 0 Å². The van der Waals surface area contributed by atoms with Gasteiger partial charge < -0.3 is 15.4 Å². The van der Waals surface area contributed by atoms with Crippen molar-refractivity contribution in [2.75, 3.05) is 13.6 Å². The Morgan fingerprint density at radius 2 is 1.90 bits per heavy atom. The maximum Gasteiger partial charge on any atom is 0.191 e. The number of aliphatic imine (C=N–C) groups is 1. The monoisotopic (exact) mass is 405 g/mol. The standard InChI is InChI=1S/C16H27N3O.HI/c1-12(2)10-18-16(17-5)19-11-14-7-6-8-15(9-14)20-13(3)4;/h6-9,12-13H,10-11H2,1-5H3,(H2,17,18,19);1H. The van der Waals surface area contributed by atoms with Crippen LogP contribution in [0.2, 0.25) is 0 Å². The molecular weight excluding hydrogens is 377 g/mol. The summed E-state index contributed by atoms with van der Waals surface area (Å²) in [5.74, 6) is 2.33. The van der Waals surface area contributed by atoms with Gasteiger partial charge in [-0.2, -0.15) is 0 Å². The van der Waals surface area contributed by atoms with E-state index in [-0.39, 0.29) is 30.1 Å². The maximum absolute atomic E-state index is 5.69. The fraction of sp³-hybridized carbons (Fsp3) is 0.562. The lowest BCUT2D eigenvalue weighted by atomic mass is 10.2. The number of rotatable bonds is 6. The van der Waals surface area contributed by atoms with Crippen LogP contribution in [0.3, 0.4) is 0 Å². The third-order valence-electron chi connectivity index (χ3n) is 2.63. The molecule has 0 saturated carbocycles. The second-order valence-corrected chi connectivity index (χ2v) is 5.51. The van der Waals surface area contributed by atoms with Crippen LogP contribution in [0.15, 0.2) is 29.3 Å². The molecule has 0 aliphatic carbocycles. The zero-order valence-corrected chi connectivity index (χ0v) is 16.0. The average molecular weight is 405 g/mol. The normalized spacial score (nSPS) is 11.3. The van der Waals surface area contributed by atoms with Gasteiger partial charge in [-0.05, 0) is 37.5 Å². The van der Waals surface area contributed by atoms with Crippen molar-refractivity contribution in [3.05, 3.63) is 29.8 Å². The molecule has 0 aliphatic heterocycles. The van der Waals surface area contributed by atoms with Crippen molar-refractivity contribution in [3.63, 3.8) is 0 Å². The molecule has 0 saturated heterocycles. The first kappa shape index (κ1) is 20.0. The van der Waals surface area contributed by atoms with E-state index in [0.717, 1.165) is 24.8 Å². The quantitative estimate of drug-likeness (QED) is 0.433. The van der Waals surface area contributed by atoms with Gasteiger partial charge >= 0.3 is 0 Å².